The lowest BCUT2D eigenvalue weighted by molar-refractivity contribution is -0.171. The molecule has 1 aromatic rings. The van der Waals surface area contributed by atoms with Crippen molar-refractivity contribution in [2.75, 3.05) is 13.9 Å². The molecule has 0 spiro atoms. The molecular weight excluding hydrogens is 372 g/mol. The van der Waals surface area contributed by atoms with E-state index in [1.807, 2.05) is 13.8 Å². The van der Waals surface area contributed by atoms with Gasteiger partial charge in [0.2, 0.25) is 0 Å². The summed E-state index contributed by atoms with van der Waals surface area (Å²) < 4.78 is 9.19. The number of fused-ring (bicyclic) bond motifs is 2. The minimum Gasteiger partial charge on any atom is -0.437 e. The zero-order valence-electron chi connectivity index (χ0n) is 15.0. The number of rotatable bonds is 4. The molecule has 0 aromatic heterocycles. The Morgan fingerprint density at radius 1 is 1.15 bits per heavy atom. The lowest BCUT2D eigenvalue weighted by Gasteiger charge is -2.46. The van der Waals surface area contributed by atoms with E-state index in [2.05, 4.69) is 0 Å². The third kappa shape index (κ3) is 2.41. The average molecular weight is 390 g/mol. The van der Waals surface area contributed by atoms with E-state index in [0.29, 0.717) is 11.1 Å². The molecule has 0 bridgehead atoms. The van der Waals surface area contributed by atoms with Gasteiger partial charge in [0.1, 0.15) is 17.5 Å². The van der Waals surface area contributed by atoms with Gasteiger partial charge < -0.3 is 14.4 Å². The first-order chi connectivity index (χ1) is 12.8. The van der Waals surface area contributed by atoms with E-state index in [1.54, 1.807) is 24.3 Å². The van der Waals surface area contributed by atoms with Crippen molar-refractivity contribution in [2.45, 2.75) is 36.1 Å². The first kappa shape index (κ1) is 18.0. The smallest absolute Gasteiger partial charge is 0.332 e. The van der Waals surface area contributed by atoms with Gasteiger partial charge in [-0.15, -0.1) is 11.8 Å². The maximum atomic E-state index is 12.9. The molecule has 0 saturated carbocycles. The number of amides is 3. The van der Waals surface area contributed by atoms with Crippen molar-refractivity contribution in [3.8, 4) is 0 Å². The van der Waals surface area contributed by atoms with Crippen molar-refractivity contribution in [1.82, 2.24) is 9.80 Å². The SMILES string of the molecule is COCOC(=O)[C@@H]1N2C(=O)[C@@H](N3C(=O)c4ccccc4C3=O)[C@H]2SC1(C)C. The molecule has 9 heteroatoms. The molecule has 3 amide bonds. The van der Waals surface area contributed by atoms with Crippen molar-refractivity contribution < 1.29 is 28.7 Å². The summed E-state index contributed by atoms with van der Waals surface area (Å²) in [5.74, 6) is -1.94. The molecule has 27 heavy (non-hydrogen) atoms. The van der Waals surface area contributed by atoms with Crippen molar-refractivity contribution >= 4 is 35.5 Å². The number of hydrogen-bond acceptors (Lipinski definition) is 7. The van der Waals surface area contributed by atoms with Crippen LogP contribution in [0.1, 0.15) is 34.6 Å². The fourth-order valence-corrected chi connectivity index (χ4v) is 5.54. The van der Waals surface area contributed by atoms with Crippen LogP contribution in [-0.4, -0.2) is 69.6 Å². The van der Waals surface area contributed by atoms with Crippen LogP contribution in [0.5, 0.6) is 0 Å². The molecule has 0 N–H and O–H groups in total. The number of carbonyl (C=O) groups is 4. The van der Waals surface area contributed by atoms with Gasteiger partial charge in [0.05, 0.1) is 11.1 Å². The highest BCUT2D eigenvalue weighted by atomic mass is 32.2. The van der Waals surface area contributed by atoms with Gasteiger partial charge in [0.15, 0.2) is 6.79 Å². The predicted molar refractivity (Wildman–Crippen MR) is 94.8 cm³/mol. The van der Waals surface area contributed by atoms with E-state index >= 15 is 0 Å². The highest BCUT2D eigenvalue weighted by molar-refractivity contribution is 8.01. The Hall–Kier alpha value is -2.39. The van der Waals surface area contributed by atoms with Crippen LogP contribution in [0, 0.1) is 0 Å². The summed E-state index contributed by atoms with van der Waals surface area (Å²) in [6.07, 6.45) is 0. The first-order valence-corrected chi connectivity index (χ1v) is 9.30. The van der Waals surface area contributed by atoms with Crippen molar-refractivity contribution in [1.29, 1.82) is 0 Å². The van der Waals surface area contributed by atoms with Crippen molar-refractivity contribution in [2.24, 2.45) is 0 Å². The van der Waals surface area contributed by atoms with Gasteiger partial charge in [-0.25, -0.2) is 4.79 Å². The van der Waals surface area contributed by atoms with Gasteiger partial charge in [-0.2, -0.15) is 0 Å². The summed E-state index contributed by atoms with van der Waals surface area (Å²) in [6.45, 7) is 3.47. The lowest BCUT2D eigenvalue weighted by atomic mass is 9.95. The topological polar surface area (TPSA) is 93.2 Å². The molecule has 1 aromatic carbocycles. The van der Waals surface area contributed by atoms with Crippen LogP contribution in [0.2, 0.25) is 0 Å². The molecule has 0 aliphatic carbocycles. The Kier molecular flexibility index (Phi) is 4.04. The quantitative estimate of drug-likeness (QED) is 0.326. The summed E-state index contributed by atoms with van der Waals surface area (Å²) in [5.41, 5.74) is 0.596. The van der Waals surface area contributed by atoms with Crippen LogP contribution >= 0.6 is 11.8 Å². The first-order valence-electron chi connectivity index (χ1n) is 8.42. The van der Waals surface area contributed by atoms with Gasteiger partial charge in [0.25, 0.3) is 17.7 Å². The third-order valence-electron chi connectivity index (χ3n) is 5.06. The van der Waals surface area contributed by atoms with Crippen LogP contribution in [0.25, 0.3) is 0 Å². The van der Waals surface area contributed by atoms with Gasteiger partial charge in [-0.3, -0.25) is 19.3 Å². The molecule has 3 aliphatic heterocycles. The molecule has 3 heterocycles. The summed E-state index contributed by atoms with van der Waals surface area (Å²) in [7, 11) is 1.40. The van der Waals surface area contributed by atoms with Gasteiger partial charge in [-0.05, 0) is 26.0 Å². The molecule has 3 atom stereocenters. The van der Waals surface area contributed by atoms with Crippen molar-refractivity contribution in [3.63, 3.8) is 0 Å². The summed E-state index contributed by atoms with van der Waals surface area (Å²) >= 11 is 1.39. The molecular formula is C18H18N2O6S. The average Bonchev–Trinajstić information content (AvgIpc) is 3.03. The number of carbonyl (C=O) groups excluding carboxylic acids is 4. The summed E-state index contributed by atoms with van der Waals surface area (Å²) in [4.78, 5) is 53.2. The lowest BCUT2D eigenvalue weighted by Crippen LogP contribution is -2.71. The van der Waals surface area contributed by atoms with Gasteiger partial charge in [0, 0.05) is 11.9 Å². The number of β-lactam (4-membered cyclic amide) rings is 1. The Labute approximate surface area is 159 Å². The fraction of sp³-hybridized carbons (Fsp3) is 0.444. The minimum absolute atomic E-state index is 0.204. The van der Waals surface area contributed by atoms with Gasteiger partial charge >= 0.3 is 5.97 Å². The molecule has 0 radical (unpaired) electrons. The molecule has 0 unspecified atom stereocenters. The summed E-state index contributed by atoms with van der Waals surface area (Å²) in [6, 6.07) is 4.79. The van der Waals surface area contributed by atoms with Crippen LogP contribution in [-0.2, 0) is 19.1 Å². The van der Waals surface area contributed by atoms with Crippen LogP contribution in [0.4, 0.5) is 0 Å². The number of imide groups is 1. The van der Waals surface area contributed by atoms with Crippen LogP contribution in [0.3, 0.4) is 0 Å². The zero-order valence-corrected chi connectivity index (χ0v) is 15.8. The number of ether oxygens (including phenoxy) is 2. The Balaban J connectivity index is 1.61. The Morgan fingerprint density at radius 3 is 2.30 bits per heavy atom. The maximum absolute atomic E-state index is 12.9. The largest absolute Gasteiger partial charge is 0.437 e. The normalized spacial score (nSPS) is 28.1. The van der Waals surface area contributed by atoms with E-state index in [1.165, 1.54) is 23.8 Å². The predicted octanol–water partition coefficient (Wildman–Crippen LogP) is 0.861. The molecule has 3 aliphatic rings. The molecule has 2 fully saturated rings. The molecule has 8 nitrogen and oxygen atoms in total. The van der Waals surface area contributed by atoms with Gasteiger partial charge in [-0.1, -0.05) is 12.1 Å². The second-order valence-corrected chi connectivity index (χ2v) is 8.87. The van der Waals surface area contributed by atoms with Crippen molar-refractivity contribution in [3.05, 3.63) is 35.4 Å². The number of nitrogens with zero attached hydrogens (tertiary/aromatic N) is 2. The van der Waals surface area contributed by atoms with E-state index in [-0.39, 0.29) is 6.79 Å². The highest BCUT2D eigenvalue weighted by Gasteiger charge is 2.67. The standard InChI is InChI=1S/C18H18N2O6S/c1-18(2)12(17(24)26-8-25-3)20-15(23)11(16(20)27-18)19-13(21)9-6-4-5-7-10(9)14(19)22/h4-7,11-12,16H,8H2,1-3H3/t11-,12+,16-/m1/s1. The monoisotopic (exact) mass is 390 g/mol. The molecule has 4 rings (SSSR count). The van der Waals surface area contributed by atoms with Crippen LogP contribution < -0.4 is 0 Å². The molecule has 142 valence electrons. The second kappa shape index (κ2) is 6.07. The maximum Gasteiger partial charge on any atom is 0.332 e. The fourth-order valence-electron chi connectivity index (χ4n) is 3.87. The third-order valence-corrected chi connectivity index (χ3v) is 6.62. The second-order valence-electron chi connectivity index (χ2n) is 7.10. The number of benzene rings is 1. The zero-order chi connectivity index (χ0) is 19.5. The Morgan fingerprint density at radius 2 is 1.74 bits per heavy atom. The van der Waals surface area contributed by atoms with E-state index in [0.717, 1.165) is 4.90 Å². The number of thioether (sulfide) groups is 1. The number of hydrogen-bond donors (Lipinski definition) is 0. The number of esters is 1. The van der Waals surface area contributed by atoms with E-state index in [4.69, 9.17) is 9.47 Å². The van der Waals surface area contributed by atoms with E-state index < -0.39 is 45.9 Å². The highest BCUT2D eigenvalue weighted by Crippen LogP contribution is 2.53. The molecule has 2 saturated heterocycles. The Bertz CT molecular complexity index is 834. The summed E-state index contributed by atoms with van der Waals surface area (Å²) in [5, 5.41) is -0.477. The number of methoxy groups -OCH3 is 1. The van der Waals surface area contributed by atoms with E-state index in [9.17, 15) is 19.2 Å². The minimum atomic E-state index is -0.915. The van der Waals surface area contributed by atoms with Crippen LogP contribution in [0.15, 0.2) is 24.3 Å².